The molecule has 0 aromatic heterocycles. The lowest BCUT2D eigenvalue weighted by molar-refractivity contribution is -0.134. The molecule has 0 heterocycles. The fourth-order valence-electron chi connectivity index (χ4n) is 1.29. The van der Waals surface area contributed by atoms with Crippen molar-refractivity contribution in [3.8, 4) is 23.0 Å². The summed E-state index contributed by atoms with van der Waals surface area (Å²) in [6, 6.07) is 3.23. The molecule has 94 valence electrons. The zero-order chi connectivity index (χ0) is 12.8. The van der Waals surface area contributed by atoms with Crippen molar-refractivity contribution in [3.05, 3.63) is 12.1 Å². The lowest BCUT2D eigenvalue weighted by Crippen LogP contribution is -2.07. The van der Waals surface area contributed by atoms with Gasteiger partial charge in [-0.3, -0.25) is 4.79 Å². The SMILES string of the molecule is CCC(=O)Oc1cc(OC)cc(OC)c1OC. The summed E-state index contributed by atoms with van der Waals surface area (Å²) in [7, 11) is 4.50. The van der Waals surface area contributed by atoms with Crippen LogP contribution in [0.15, 0.2) is 12.1 Å². The molecule has 0 saturated carbocycles. The molecular weight excluding hydrogens is 224 g/mol. The van der Waals surface area contributed by atoms with Gasteiger partial charge in [0.15, 0.2) is 11.5 Å². The van der Waals surface area contributed by atoms with Crippen LogP contribution < -0.4 is 18.9 Å². The highest BCUT2D eigenvalue weighted by molar-refractivity contribution is 5.74. The molecule has 1 rings (SSSR count). The predicted molar refractivity (Wildman–Crippen MR) is 62.0 cm³/mol. The van der Waals surface area contributed by atoms with Gasteiger partial charge in [-0.25, -0.2) is 0 Å². The van der Waals surface area contributed by atoms with Crippen LogP contribution in [-0.2, 0) is 4.79 Å². The molecule has 0 N–H and O–H groups in total. The normalized spacial score (nSPS) is 9.65. The van der Waals surface area contributed by atoms with Crippen LogP contribution in [0.2, 0.25) is 0 Å². The lowest BCUT2D eigenvalue weighted by atomic mass is 10.2. The maximum Gasteiger partial charge on any atom is 0.311 e. The first-order valence-corrected chi connectivity index (χ1v) is 5.16. The Labute approximate surface area is 100 Å². The maximum absolute atomic E-state index is 11.3. The predicted octanol–water partition coefficient (Wildman–Crippen LogP) is 2.03. The van der Waals surface area contributed by atoms with E-state index >= 15 is 0 Å². The summed E-state index contributed by atoms with van der Waals surface area (Å²) in [5, 5.41) is 0. The number of hydrogen-bond acceptors (Lipinski definition) is 5. The largest absolute Gasteiger partial charge is 0.496 e. The number of methoxy groups -OCH3 is 3. The van der Waals surface area contributed by atoms with E-state index in [2.05, 4.69) is 0 Å². The van der Waals surface area contributed by atoms with Crippen LogP contribution in [0.3, 0.4) is 0 Å². The fraction of sp³-hybridized carbons (Fsp3) is 0.417. The Kier molecular flexibility index (Phi) is 4.63. The van der Waals surface area contributed by atoms with Gasteiger partial charge in [0.1, 0.15) is 5.75 Å². The first-order valence-electron chi connectivity index (χ1n) is 5.16. The van der Waals surface area contributed by atoms with Gasteiger partial charge in [0, 0.05) is 18.6 Å². The third-order valence-electron chi connectivity index (χ3n) is 2.17. The minimum atomic E-state index is -0.349. The molecule has 0 aliphatic rings. The first kappa shape index (κ1) is 13.2. The Morgan fingerprint density at radius 1 is 1.06 bits per heavy atom. The fourth-order valence-corrected chi connectivity index (χ4v) is 1.29. The summed E-state index contributed by atoms with van der Waals surface area (Å²) in [6.45, 7) is 1.71. The van der Waals surface area contributed by atoms with E-state index in [0.717, 1.165) is 0 Å². The highest BCUT2D eigenvalue weighted by Crippen LogP contribution is 2.41. The zero-order valence-electron chi connectivity index (χ0n) is 10.4. The third-order valence-corrected chi connectivity index (χ3v) is 2.17. The van der Waals surface area contributed by atoms with Gasteiger partial charge in [0.05, 0.1) is 21.3 Å². The molecule has 0 bridgehead atoms. The highest BCUT2D eigenvalue weighted by atomic mass is 16.6. The van der Waals surface area contributed by atoms with E-state index in [1.54, 1.807) is 19.1 Å². The molecule has 5 heteroatoms. The first-order chi connectivity index (χ1) is 8.15. The van der Waals surface area contributed by atoms with Crippen LogP contribution in [-0.4, -0.2) is 27.3 Å². The van der Waals surface area contributed by atoms with Crippen molar-refractivity contribution in [2.24, 2.45) is 0 Å². The van der Waals surface area contributed by atoms with Crippen LogP contribution in [0.25, 0.3) is 0 Å². The van der Waals surface area contributed by atoms with Gasteiger partial charge < -0.3 is 18.9 Å². The van der Waals surface area contributed by atoms with Crippen LogP contribution in [0.5, 0.6) is 23.0 Å². The van der Waals surface area contributed by atoms with Gasteiger partial charge in [-0.15, -0.1) is 0 Å². The molecular formula is C12H16O5. The monoisotopic (exact) mass is 240 g/mol. The number of rotatable bonds is 5. The molecule has 0 spiro atoms. The molecule has 5 nitrogen and oxygen atoms in total. The number of ether oxygens (including phenoxy) is 4. The molecule has 17 heavy (non-hydrogen) atoms. The van der Waals surface area contributed by atoms with Gasteiger partial charge in [0.2, 0.25) is 5.75 Å². The van der Waals surface area contributed by atoms with Crippen LogP contribution in [0, 0.1) is 0 Å². The van der Waals surface area contributed by atoms with E-state index in [-0.39, 0.29) is 18.1 Å². The second kappa shape index (κ2) is 5.98. The molecule has 0 aliphatic heterocycles. The third kappa shape index (κ3) is 3.03. The lowest BCUT2D eigenvalue weighted by Gasteiger charge is -2.14. The summed E-state index contributed by atoms with van der Waals surface area (Å²) in [5.41, 5.74) is 0. The molecule has 0 fully saturated rings. The second-order valence-corrected chi connectivity index (χ2v) is 3.19. The van der Waals surface area contributed by atoms with E-state index < -0.39 is 0 Å². The summed E-state index contributed by atoms with van der Waals surface area (Å²) in [4.78, 5) is 11.3. The Bertz CT molecular complexity index is 400. The van der Waals surface area contributed by atoms with E-state index in [4.69, 9.17) is 18.9 Å². The van der Waals surface area contributed by atoms with Crippen molar-refractivity contribution in [2.45, 2.75) is 13.3 Å². The number of carbonyl (C=O) groups is 1. The van der Waals surface area contributed by atoms with Crippen LogP contribution >= 0.6 is 0 Å². The Morgan fingerprint density at radius 2 is 1.71 bits per heavy atom. The summed E-state index contributed by atoms with van der Waals surface area (Å²) >= 11 is 0. The van der Waals surface area contributed by atoms with Crippen molar-refractivity contribution in [2.75, 3.05) is 21.3 Å². The molecule has 1 aromatic carbocycles. The molecule has 1 aromatic rings. The van der Waals surface area contributed by atoms with Gasteiger partial charge >= 0.3 is 5.97 Å². The Morgan fingerprint density at radius 3 is 2.18 bits per heavy atom. The van der Waals surface area contributed by atoms with E-state index in [0.29, 0.717) is 17.2 Å². The summed E-state index contributed by atoms with van der Waals surface area (Å²) in [6.07, 6.45) is 0.280. The van der Waals surface area contributed by atoms with Gasteiger partial charge in [-0.1, -0.05) is 6.92 Å². The highest BCUT2D eigenvalue weighted by Gasteiger charge is 2.16. The number of carbonyl (C=O) groups excluding carboxylic acids is 1. The van der Waals surface area contributed by atoms with Crippen LogP contribution in [0.1, 0.15) is 13.3 Å². The molecule has 0 saturated heterocycles. The van der Waals surface area contributed by atoms with E-state index in [9.17, 15) is 4.79 Å². The van der Waals surface area contributed by atoms with Crippen molar-refractivity contribution in [1.82, 2.24) is 0 Å². The standard InChI is InChI=1S/C12H16O5/c1-5-11(13)17-10-7-8(14-2)6-9(15-3)12(10)16-4/h6-7H,5H2,1-4H3. The van der Waals surface area contributed by atoms with Gasteiger partial charge in [-0.2, -0.15) is 0 Å². The van der Waals surface area contributed by atoms with Crippen molar-refractivity contribution < 1.29 is 23.7 Å². The van der Waals surface area contributed by atoms with Gasteiger partial charge in [-0.05, 0) is 0 Å². The Balaban J connectivity index is 3.19. The maximum atomic E-state index is 11.3. The van der Waals surface area contributed by atoms with Gasteiger partial charge in [0.25, 0.3) is 0 Å². The molecule has 0 amide bonds. The van der Waals surface area contributed by atoms with Crippen molar-refractivity contribution in [3.63, 3.8) is 0 Å². The quantitative estimate of drug-likeness (QED) is 0.582. The average molecular weight is 240 g/mol. The topological polar surface area (TPSA) is 54.0 Å². The minimum Gasteiger partial charge on any atom is -0.496 e. The molecule has 0 atom stereocenters. The Hall–Kier alpha value is -1.91. The van der Waals surface area contributed by atoms with Crippen molar-refractivity contribution >= 4 is 5.97 Å². The molecule has 0 aliphatic carbocycles. The van der Waals surface area contributed by atoms with E-state index in [1.165, 1.54) is 21.3 Å². The molecule has 0 unspecified atom stereocenters. The number of benzene rings is 1. The van der Waals surface area contributed by atoms with E-state index in [1.807, 2.05) is 0 Å². The average Bonchev–Trinajstić information content (AvgIpc) is 2.37. The zero-order valence-corrected chi connectivity index (χ0v) is 10.4. The minimum absolute atomic E-state index is 0.280. The molecule has 0 radical (unpaired) electrons. The van der Waals surface area contributed by atoms with Crippen molar-refractivity contribution in [1.29, 1.82) is 0 Å². The van der Waals surface area contributed by atoms with Crippen LogP contribution in [0.4, 0.5) is 0 Å². The summed E-state index contributed by atoms with van der Waals surface area (Å²) in [5.74, 6) is 1.29. The summed E-state index contributed by atoms with van der Waals surface area (Å²) < 4.78 is 20.5. The number of esters is 1. The second-order valence-electron chi connectivity index (χ2n) is 3.19. The number of hydrogen-bond donors (Lipinski definition) is 0. The smallest absolute Gasteiger partial charge is 0.311 e.